The third kappa shape index (κ3) is 3.68. The van der Waals surface area contributed by atoms with E-state index in [0.29, 0.717) is 0 Å². The van der Waals surface area contributed by atoms with Crippen LogP contribution in [0.4, 0.5) is 5.69 Å². The molecule has 1 N–H and O–H groups in total. The molecule has 0 spiro atoms. The SMILES string of the molecule is COc1c(C)cc(C2CC(c3cccs3)=Nc3ccccc3S2)cc1CO. The number of para-hydroxylation sites is 1. The van der Waals surface area contributed by atoms with E-state index in [2.05, 4.69) is 47.8 Å². The zero-order valence-electron chi connectivity index (χ0n) is 15.3. The van der Waals surface area contributed by atoms with Gasteiger partial charge in [0.05, 0.1) is 25.1 Å². The fourth-order valence-corrected chi connectivity index (χ4v) is 5.41. The second kappa shape index (κ2) is 7.89. The standard InChI is InChI=1S/C22H21NO2S2/c1-14-10-15(11-16(13-24)22(14)25-2)21-12-18(19-8-5-9-26-19)23-17-6-3-4-7-20(17)27-21/h3-11,21,24H,12-13H2,1-2H3. The Morgan fingerprint density at radius 3 is 2.78 bits per heavy atom. The summed E-state index contributed by atoms with van der Waals surface area (Å²) in [6, 6.07) is 16.8. The van der Waals surface area contributed by atoms with Crippen LogP contribution in [0.25, 0.3) is 0 Å². The zero-order chi connectivity index (χ0) is 18.8. The smallest absolute Gasteiger partial charge is 0.127 e. The number of ether oxygens (including phenoxy) is 1. The third-order valence-corrected chi connectivity index (χ3v) is 6.94. The molecule has 3 aromatic rings. The van der Waals surface area contributed by atoms with Crippen LogP contribution in [0.1, 0.15) is 33.2 Å². The lowest BCUT2D eigenvalue weighted by molar-refractivity contribution is 0.273. The summed E-state index contributed by atoms with van der Waals surface area (Å²) in [5, 5.41) is 12.1. The molecule has 138 valence electrons. The van der Waals surface area contributed by atoms with Gasteiger partial charge in [-0.25, -0.2) is 0 Å². The predicted octanol–water partition coefficient (Wildman–Crippen LogP) is 5.92. The van der Waals surface area contributed by atoms with E-state index in [0.717, 1.165) is 34.7 Å². The van der Waals surface area contributed by atoms with E-state index < -0.39 is 0 Å². The molecule has 1 aromatic heterocycles. The van der Waals surface area contributed by atoms with Crippen LogP contribution in [0.15, 0.2) is 63.8 Å². The van der Waals surface area contributed by atoms with Crippen LogP contribution in [0.5, 0.6) is 5.75 Å². The predicted molar refractivity (Wildman–Crippen MR) is 114 cm³/mol. The highest BCUT2D eigenvalue weighted by atomic mass is 32.2. The number of nitrogens with zero attached hydrogens (tertiary/aromatic N) is 1. The van der Waals surface area contributed by atoms with Gasteiger partial charge < -0.3 is 9.84 Å². The van der Waals surface area contributed by atoms with Gasteiger partial charge in [0, 0.05) is 27.0 Å². The van der Waals surface area contributed by atoms with Crippen molar-refractivity contribution in [3.05, 3.63) is 75.5 Å². The normalized spacial score (nSPS) is 16.4. The first-order chi connectivity index (χ1) is 13.2. The van der Waals surface area contributed by atoms with Crippen molar-refractivity contribution >= 4 is 34.5 Å². The zero-order valence-corrected chi connectivity index (χ0v) is 16.9. The number of aliphatic hydroxyl groups excluding tert-OH is 1. The van der Waals surface area contributed by atoms with Crippen LogP contribution in [0, 0.1) is 6.92 Å². The molecular formula is C22H21NO2S2. The highest BCUT2D eigenvalue weighted by Crippen LogP contribution is 2.46. The molecule has 0 bridgehead atoms. The Hall–Kier alpha value is -2.08. The summed E-state index contributed by atoms with van der Waals surface area (Å²) in [5.74, 6) is 0.771. The number of fused-ring (bicyclic) bond motifs is 1. The second-order valence-electron chi connectivity index (χ2n) is 6.50. The Balaban J connectivity index is 1.80. The van der Waals surface area contributed by atoms with Crippen molar-refractivity contribution in [1.29, 1.82) is 0 Å². The minimum absolute atomic E-state index is 0.0301. The molecule has 1 aliphatic rings. The Morgan fingerprint density at radius 1 is 1.19 bits per heavy atom. The van der Waals surface area contributed by atoms with Gasteiger partial charge in [-0.1, -0.05) is 24.3 Å². The Kier molecular flexibility index (Phi) is 5.34. The number of rotatable bonds is 4. The molecule has 2 aromatic carbocycles. The number of hydrogen-bond acceptors (Lipinski definition) is 5. The van der Waals surface area contributed by atoms with Gasteiger partial charge in [-0.2, -0.15) is 0 Å². The maximum atomic E-state index is 9.80. The molecule has 1 atom stereocenters. The first-order valence-corrected chi connectivity index (χ1v) is 10.6. The largest absolute Gasteiger partial charge is 0.496 e. The lowest BCUT2D eigenvalue weighted by Gasteiger charge is -2.19. The van der Waals surface area contributed by atoms with Crippen LogP contribution in [0.3, 0.4) is 0 Å². The number of aryl methyl sites for hydroxylation is 1. The quantitative estimate of drug-likeness (QED) is 0.596. The van der Waals surface area contributed by atoms with Gasteiger partial charge in [-0.15, -0.1) is 23.1 Å². The lowest BCUT2D eigenvalue weighted by atomic mass is 9.99. The average Bonchev–Trinajstić information content (AvgIpc) is 3.15. The molecule has 0 saturated carbocycles. The average molecular weight is 396 g/mol. The lowest BCUT2D eigenvalue weighted by Crippen LogP contribution is -2.05. The minimum atomic E-state index is -0.0301. The Bertz CT molecular complexity index is 980. The minimum Gasteiger partial charge on any atom is -0.496 e. The number of methoxy groups -OCH3 is 1. The Morgan fingerprint density at radius 2 is 2.04 bits per heavy atom. The maximum absolute atomic E-state index is 9.80. The molecular weight excluding hydrogens is 374 g/mol. The van der Waals surface area contributed by atoms with Crippen molar-refractivity contribution in [2.75, 3.05) is 7.11 Å². The molecule has 2 heterocycles. The Labute approximate surface area is 167 Å². The summed E-state index contributed by atoms with van der Waals surface area (Å²) in [6.07, 6.45) is 0.844. The number of benzene rings is 2. The number of aliphatic hydroxyl groups is 1. The highest BCUT2D eigenvalue weighted by molar-refractivity contribution is 7.99. The van der Waals surface area contributed by atoms with Gasteiger partial charge in [0.25, 0.3) is 0 Å². The molecule has 0 saturated heterocycles. The van der Waals surface area contributed by atoms with Gasteiger partial charge in [-0.05, 0) is 47.7 Å². The maximum Gasteiger partial charge on any atom is 0.127 e. The van der Waals surface area contributed by atoms with Crippen LogP contribution in [0.2, 0.25) is 0 Å². The van der Waals surface area contributed by atoms with E-state index in [1.165, 1.54) is 15.3 Å². The number of hydrogen-bond donors (Lipinski definition) is 1. The summed E-state index contributed by atoms with van der Waals surface area (Å²) >= 11 is 3.57. The van der Waals surface area contributed by atoms with Gasteiger partial charge in [0.15, 0.2) is 0 Å². The second-order valence-corrected chi connectivity index (χ2v) is 8.69. The molecule has 0 fully saturated rings. The molecule has 1 unspecified atom stereocenters. The summed E-state index contributed by atoms with van der Waals surface area (Å²) < 4.78 is 5.48. The van der Waals surface area contributed by atoms with Crippen LogP contribution < -0.4 is 4.74 Å². The molecule has 5 heteroatoms. The number of thioether (sulfide) groups is 1. The summed E-state index contributed by atoms with van der Waals surface area (Å²) in [7, 11) is 1.65. The van der Waals surface area contributed by atoms with Gasteiger partial charge in [0.1, 0.15) is 5.75 Å². The number of aliphatic imine (C=N–C) groups is 1. The van der Waals surface area contributed by atoms with Crippen molar-refractivity contribution in [2.24, 2.45) is 4.99 Å². The van der Waals surface area contributed by atoms with Crippen molar-refractivity contribution in [1.82, 2.24) is 0 Å². The van der Waals surface area contributed by atoms with Gasteiger partial charge in [-0.3, -0.25) is 4.99 Å². The molecule has 27 heavy (non-hydrogen) atoms. The molecule has 4 rings (SSSR count). The fraction of sp³-hybridized carbons (Fsp3) is 0.227. The van der Waals surface area contributed by atoms with Crippen LogP contribution in [-0.4, -0.2) is 17.9 Å². The summed E-state index contributed by atoms with van der Waals surface area (Å²) in [4.78, 5) is 7.39. The first-order valence-electron chi connectivity index (χ1n) is 8.85. The summed E-state index contributed by atoms with van der Waals surface area (Å²) in [6.45, 7) is 2.00. The molecule has 3 nitrogen and oxygen atoms in total. The first kappa shape index (κ1) is 18.3. The highest BCUT2D eigenvalue weighted by Gasteiger charge is 2.24. The van der Waals surface area contributed by atoms with Crippen LogP contribution >= 0.6 is 23.1 Å². The van der Waals surface area contributed by atoms with Crippen molar-refractivity contribution in [3.63, 3.8) is 0 Å². The topological polar surface area (TPSA) is 41.8 Å². The van der Waals surface area contributed by atoms with Crippen molar-refractivity contribution < 1.29 is 9.84 Å². The van der Waals surface area contributed by atoms with E-state index in [-0.39, 0.29) is 11.9 Å². The third-order valence-electron chi connectivity index (χ3n) is 4.69. The van der Waals surface area contributed by atoms with E-state index in [4.69, 9.17) is 9.73 Å². The van der Waals surface area contributed by atoms with Crippen molar-refractivity contribution in [2.45, 2.75) is 30.1 Å². The monoisotopic (exact) mass is 395 g/mol. The fourth-order valence-electron chi connectivity index (χ4n) is 3.47. The van der Waals surface area contributed by atoms with E-state index in [9.17, 15) is 5.11 Å². The number of thiophene rings is 1. The summed E-state index contributed by atoms with van der Waals surface area (Å²) in [5.41, 5.74) is 5.22. The van der Waals surface area contributed by atoms with Crippen LogP contribution in [-0.2, 0) is 6.61 Å². The van der Waals surface area contributed by atoms with E-state index >= 15 is 0 Å². The molecule has 0 radical (unpaired) electrons. The van der Waals surface area contributed by atoms with E-state index in [1.54, 1.807) is 18.4 Å². The molecule has 0 amide bonds. The van der Waals surface area contributed by atoms with E-state index in [1.807, 2.05) is 24.8 Å². The molecule has 0 aliphatic carbocycles. The molecule has 1 aliphatic heterocycles. The van der Waals surface area contributed by atoms with Crippen molar-refractivity contribution in [3.8, 4) is 5.75 Å². The van der Waals surface area contributed by atoms with Gasteiger partial charge in [0.2, 0.25) is 0 Å². The van der Waals surface area contributed by atoms with Gasteiger partial charge >= 0.3 is 0 Å².